The number of carbonyl (C=O) groups is 1. The van der Waals surface area contributed by atoms with Gasteiger partial charge < -0.3 is 10.1 Å². The van der Waals surface area contributed by atoms with Crippen molar-refractivity contribution in [2.45, 2.75) is 37.4 Å². The molecule has 0 aliphatic carbocycles. The van der Waals surface area contributed by atoms with Crippen molar-refractivity contribution < 1.29 is 31.1 Å². The van der Waals surface area contributed by atoms with E-state index in [1.54, 1.807) is 13.8 Å². The Morgan fingerprint density at radius 3 is 2.34 bits per heavy atom. The van der Waals surface area contributed by atoms with Crippen molar-refractivity contribution in [3.05, 3.63) is 54.1 Å². The molecule has 0 aromatic heterocycles. The van der Waals surface area contributed by atoms with E-state index in [0.29, 0.717) is 19.1 Å². The molecule has 158 valence electrons. The van der Waals surface area contributed by atoms with Crippen LogP contribution in [0.2, 0.25) is 0 Å². The van der Waals surface area contributed by atoms with Crippen LogP contribution in [0, 0.1) is 0 Å². The first-order valence-electron chi connectivity index (χ1n) is 8.79. The largest absolute Gasteiger partial charge is 0.416 e. The van der Waals surface area contributed by atoms with E-state index in [-0.39, 0.29) is 16.3 Å². The lowest BCUT2D eigenvalue weighted by Gasteiger charge is -2.15. The van der Waals surface area contributed by atoms with Crippen LogP contribution in [-0.2, 0) is 25.7 Å². The van der Waals surface area contributed by atoms with Gasteiger partial charge in [0.05, 0.1) is 10.5 Å². The number of sulfonamides is 1. The number of hydrogen-bond donors (Lipinski definition) is 2. The number of halogens is 3. The number of hydrogen-bond acceptors (Lipinski definition) is 4. The normalized spacial score (nSPS) is 13.0. The van der Waals surface area contributed by atoms with E-state index in [1.165, 1.54) is 30.3 Å². The molecule has 0 spiro atoms. The van der Waals surface area contributed by atoms with Crippen LogP contribution in [0.1, 0.15) is 25.8 Å². The predicted octanol–water partition coefficient (Wildman–Crippen LogP) is 4.26. The SMILES string of the molecule is CCOC(CC)C(=O)Nc1cccc(S(=O)(=O)Nc2cccc(C(F)(F)F)c2)c1. The van der Waals surface area contributed by atoms with Crippen LogP contribution in [0.5, 0.6) is 0 Å². The molecule has 0 radical (unpaired) electrons. The number of benzene rings is 2. The first-order valence-corrected chi connectivity index (χ1v) is 10.3. The van der Waals surface area contributed by atoms with Gasteiger partial charge in [-0.25, -0.2) is 8.42 Å². The lowest BCUT2D eigenvalue weighted by molar-refractivity contribution is -0.137. The zero-order valence-corrected chi connectivity index (χ0v) is 16.6. The summed E-state index contributed by atoms with van der Waals surface area (Å²) in [4.78, 5) is 12.0. The van der Waals surface area contributed by atoms with Gasteiger partial charge in [-0.1, -0.05) is 19.1 Å². The minimum Gasteiger partial charge on any atom is -0.369 e. The van der Waals surface area contributed by atoms with Gasteiger partial charge >= 0.3 is 6.18 Å². The molecule has 0 heterocycles. The summed E-state index contributed by atoms with van der Waals surface area (Å²) >= 11 is 0. The second-order valence-corrected chi connectivity index (χ2v) is 7.74. The molecule has 1 atom stereocenters. The highest BCUT2D eigenvalue weighted by Crippen LogP contribution is 2.31. The third kappa shape index (κ3) is 6.20. The van der Waals surface area contributed by atoms with Gasteiger partial charge in [-0.15, -0.1) is 0 Å². The zero-order chi connectivity index (χ0) is 21.7. The first kappa shape index (κ1) is 22.7. The quantitative estimate of drug-likeness (QED) is 0.656. The molecule has 2 N–H and O–H groups in total. The predicted molar refractivity (Wildman–Crippen MR) is 103 cm³/mol. The number of rotatable bonds is 8. The average Bonchev–Trinajstić information content (AvgIpc) is 2.65. The molecule has 2 rings (SSSR count). The molecule has 6 nitrogen and oxygen atoms in total. The van der Waals surface area contributed by atoms with E-state index in [9.17, 15) is 26.4 Å². The molecule has 1 unspecified atom stereocenters. The topological polar surface area (TPSA) is 84.5 Å². The molecule has 0 bridgehead atoms. The van der Waals surface area contributed by atoms with E-state index in [4.69, 9.17) is 4.74 Å². The monoisotopic (exact) mass is 430 g/mol. The van der Waals surface area contributed by atoms with Gasteiger partial charge in [0.25, 0.3) is 15.9 Å². The van der Waals surface area contributed by atoms with Crippen LogP contribution in [0.25, 0.3) is 0 Å². The third-order valence-corrected chi connectivity index (χ3v) is 5.26. The number of nitrogens with one attached hydrogen (secondary N) is 2. The summed E-state index contributed by atoms with van der Waals surface area (Å²) in [5, 5.41) is 2.58. The maximum absolute atomic E-state index is 12.8. The van der Waals surface area contributed by atoms with Gasteiger partial charge in [0.15, 0.2) is 0 Å². The highest BCUT2D eigenvalue weighted by molar-refractivity contribution is 7.92. The maximum atomic E-state index is 12.8. The highest BCUT2D eigenvalue weighted by atomic mass is 32.2. The molecule has 0 fully saturated rings. The van der Waals surface area contributed by atoms with E-state index in [1.807, 2.05) is 0 Å². The van der Waals surface area contributed by atoms with E-state index < -0.39 is 33.8 Å². The number of amides is 1. The molecule has 0 aliphatic heterocycles. The van der Waals surface area contributed by atoms with E-state index >= 15 is 0 Å². The Morgan fingerprint density at radius 2 is 1.72 bits per heavy atom. The summed E-state index contributed by atoms with van der Waals surface area (Å²) in [6.45, 7) is 3.88. The Kier molecular flexibility index (Phi) is 7.26. The van der Waals surface area contributed by atoms with Crippen LogP contribution in [0.4, 0.5) is 24.5 Å². The Hall–Kier alpha value is -2.59. The highest BCUT2D eigenvalue weighted by Gasteiger charge is 2.30. The standard InChI is InChI=1S/C19H21F3N2O4S/c1-3-17(28-4-2)18(25)23-14-8-6-10-16(12-14)29(26,27)24-15-9-5-7-13(11-15)19(20,21)22/h5-12,17,24H,3-4H2,1-2H3,(H,23,25). The Morgan fingerprint density at radius 1 is 1.07 bits per heavy atom. The fraction of sp³-hybridized carbons (Fsp3) is 0.316. The maximum Gasteiger partial charge on any atom is 0.416 e. The Bertz CT molecular complexity index is 962. The number of anilines is 2. The van der Waals surface area contributed by atoms with Crippen molar-refractivity contribution in [1.29, 1.82) is 0 Å². The minimum absolute atomic E-state index is 0.211. The van der Waals surface area contributed by atoms with Crippen LogP contribution in [0.3, 0.4) is 0 Å². The number of carbonyl (C=O) groups excluding carboxylic acids is 1. The van der Waals surface area contributed by atoms with Crippen molar-refractivity contribution in [2.24, 2.45) is 0 Å². The molecule has 2 aromatic carbocycles. The van der Waals surface area contributed by atoms with Gasteiger partial charge in [0.2, 0.25) is 0 Å². The fourth-order valence-corrected chi connectivity index (χ4v) is 3.61. The molecule has 29 heavy (non-hydrogen) atoms. The summed E-state index contributed by atoms with van der Waals surface area (Å²) in [6.07, 6.45) is -4.83. The minimum atomic E-state index is -4.60. The number of ether oxygens (including phenoxy) is 1. The van der Waals surface area contributed by atoms with Gasteiger partial charge in [0.1, 0.15) is 6.10 Å². The molecule has 0 saturated heterocycles. The second kappa shape index (κ2) is 9.27. The van der Waals surface area contributed by atoms with Crippen LogP contribution < -0.4 is 10.0 Å². The smallest absolute Gasteiger partial charge is 0.369 e. The molecule has 0 aliphatic rings. The van der Waals surface area contributed by atoms with E-state index in [2.05, 4.69) is 10.0 Å². The van der Waals surface area contributed by atoms with Gasteiger partial charge in [-0.3, -0.25) is 9.52 Å². The Balaban J connectivity index is 2.22. The summed E-state index contributed by atoms with van der Waals surface area (Å²) < 4.78 is 71.0. The number of alkyl halides is 3. The molecule has 10 heteroatoms. The van der Waals surface area contributed by atoms with Crippen LogP contribution in [0.15, 0.2) is 53.4 Å². The summed E-state index contributed by atoms with van der Waals surface area (Å²) in [5.41, 5.74) is -0.975. The van der Waals surface area contributed by atoms with E-state index in [0.717, 1.165) is 12.1 Å². The van der Waals surface area contributed by atoms with Crippen LogP contribution in [-0.4, -0.2) is 27.0 Å². The lowest BCUT2D eigenvalue weighted by Crippen LogP contribution is -2.30. The summed E-state index contributed by atoms with van der Waals surface area (Å²) in [5.74, 6) is -0.422. The van der Waals surface area contributed by atoms with Gasteiger partial charge in [0, 0.05) is 18.0 Å². The first-order chi connectivity index (χ1) is 13.6. The van der Waals surface area contributed by atoms with Crippen molar-refractivity contribution in [1.82, 2.24) is 0 Å². The molecular weight excluding hydrogens is 409 g/mol. The zero-order valence-electron chi connectivity index (χ0n) is 15.8. The van der Waals surface area contributed by atoms with Gasteiger partial charge in [-0.2, -0.15) is 13.2 Å². The molecule has 0 saturated carbocycles. The summed E-state index contributed by atoms with van der Waals surface area (Å²) in [6, 6.07) is 9.27. The molecule has 2 aromatic rings. The molecule has 1 amide bonds. The Labute approximate surface area is 167 Å². The van der Waals surface area contributed by atoms with Crippen molar-refractivity contribution in [2.75, 3.05) is 16.6 Å². The lowest BCUT2D eigenvalue weighted by atomic mass is 10.2. The third-order valence-electron chi connectivity index (χ3n) is 3.89. The average molecular weight is 430 g/mol. The van der Waals surface area contributed by atoms with Crippen molar-refractivity contribution >= 4 is 27.3 Å². The summed E-state index contributed by atoms with van der Waals surface area (Å²) in [7, 11) is -4.17. The second-order valence-electron chi connectivity index (χ2n) is 6.05. The van der Waals surface area contributed by atoms with Gasteiger partial charge in [-0.05, 0) is 49.7 Å². The van der Waals surface area contributed by atoms with Crippen molar-refractivity contribution in [3.63, 3.8) is 0 Å². The molecular formula is C19H21F3N2O4S. The van der Waals surface area contributed by atoms with Crippen LogP contribution >= 0.6 is 0 Å². The van der Waals surface area contributed by atoms with Crippen molar-refractivity contribution in [3.8, 4) is 0 Å². The fourth-order valence-electron chi connectivity index (χ4n) is 2.52.